The van der Waals surface area contributed by atoms with Gasteiger partial charge >= 0.3 is 21.7 Å². The van der Waals surface area contributed by atoms with E-state index in [-0.39, 0.29) is 69.8 Å². The van der Waals surface area contributed by atoms with Gasteiger partial charge in [0.25, 0.3) is 0 Å². The smallest absolute Gasteiger partial charge is 1.00 e. The molecule has 0 fully saturated rings. The Kier molecular flexibility index (Phi) is 16.3. The molecule has 46 heavy (non-hydrogen) atoms. The van der Waals surface area contributed by atoms with Crippen molar-refractivity contribution in [2.24, 2.45) is 0 Å². The Hall–Kier alpha value is -0.972. The Balaban J connectivity index is 0.00000506. The second-order valence-electron chi connectivity index (χ2n) is 15.8. The number of rotatable bonds is 6. The van der Waals surface area contributed by atoms with Gasteiger partial charge in [-0.15, -0.1) is 16.7 Å². The zero-order valence-electron chi connectivity index (χ0n) is 30.5. The van der Waals surface area contributed by atoms with E-state index in [4.69, 9.17) is 0 Å². The fraction of sp³-hybridized carbons (Fsp3) is 0.425. The van der Waals surface area contributed by atoms with Crippen molar-refractivity contribution in [1.82, 2.24) is 0 Å². The molecule has 0 bridgehead atoms. The predicted molar refractivity (Wildman–Crippen MR) is 192 cm³/mol. The van der Waals surface area contributed by atoms with Crippen molar-refractivity contribution >= 4 is 28.0 Å². The molecule has 0 nitrogen and oxygen atoms in total. The predicted octanol–water partition coefficient (Wildman–Crippen LogP) is 0.883. The Bertz CT molecular complexity index is 1560. The van der Waals surface area contributed by atoms with E-state index in [1.807, 2.05) is 0 Å². The fourth-order valence-corrected chi connectivity index (χ4v) is 9.10. The number of hydrogen-bond donors (Lipinski definition) is 0. The number of hydrogen-bond acceptors (Lipinski definition) is 0. The average molecular weight is 744 g/mol. The first kappa shape index (κ1) is 45.0. The molecule has 1 unspecified atom stereocenters. The Morgan fingerprint density at radius 3 is 1.61 bits per heavy atom. The van der Waals surface area contributed by atoms with Crippen molar-refractivity contribution in [3.05, 3.63) is 111 Å². The van der Waals surface area contributed by atoms with E-state index < -0.39 is 8.07 Å². The molecular weight excluding hydrogens is 691 g/mol. The average Bonchev–Trinajstić information content (AvgIpc) is 3.08. The molecule has 6 heteroatoms. The van der Waals surface area contributed by atoms with E-state index in [1.165, 1.54) is 66.4 Å². The number of aryl methyl sites for hydroxylation is 2. The van der Waals surface area contributed by atoms with Crippen LogP contribution in [0.3, 0.4) is 0 Å². The van der Waals surface area contributed by atoms with Gasteiger partial charge in [-0.05, 0) is 30.2 Å². The van der Waals surface area contributed by atoms with Crippen molar-refractivity contribution in [2.75, 3.05) is 0 Å². The van der Waals surface area contributed by atoms with Crippen LogP contribution in [0.5, 0.6) is 0 Å². The van der Waals surface area contributed by atoms with Gasteiger partial charge in [-0.25, -0.2) is 0 Å². The van der Waals surface area contributed by atoms with Gasteiger partial charge in [0.05, 0.1) is 17.6 Å². The maximum Gasteiger partial charge on any atom is 4.00 e. The third-order valence-corrected chi connectivity index (χ3v) is 12.6. The molecule has 0 aliphatic heterocycles. The van der Waals surface area contributed by atoms with Gasteiger partial charge in [-0.3, -0.25) is 0 Å². The van der Waals surface area contributed by atoms with Gasteiger partial charge in [-0.2, -0.15) is 11.1 Å². The maximum absolute atomic E-state index is 2.52. The van der Waals surface area contributed by atoms with Gasteiger partial charge < -0.3 is 37.2 Å². The Labute approximate surface area is 318 Å². The standard InChI is InChI=1S/C40H53Si2.3ClH.Ti/c1-25-18-26(2)20-31(19-25)38(41-34-16-15-17-35(24-34)42(12,13)14)37-29(5)27(3)28(4)36(37)30-21-32(39(6,7)8)23-33(22-30)40(9,10)11;;;;/h15-24,38H,1-14H3;3*1H;/q-1;;;;+4/p-3. The summed E-state index contributed by atoms with van der Waals surface area (Å²) in [5.74, 6) is 0. The summed E-state index contributed by atoms with van der Waals surface area (Å²) in [5, 5.41) is 3.02. The van der Waals surface area contributed by atoms with Crippen LogP contribution in [0.1, 0.15) is 97.2 Å². The van der Waals surface area contributed by atoms with E-state index in [9.17, 15) is 0 Å². The summed E-state index contributed by atoms with van der Waals surface area (Å²) >= 11 is 0. The minimum Gasteiger partial charge on any atom is -1.00 e. The number of halogens is 3. The van der Waals surface area contributed by atoms with Crippen LogP contribution in [0.4, 0.5) is 0 Å². The minimum atomic E-state index is -1.42. The van der Waals surface area contributed by atoms with Crippen LogP contribution in [0.15, 0.2) is 60.7 Å². The molecule has 0 spiro atoms. The second kappa shape index (κ2) is 16.6. The molecule has 4 aromatic rings. The number of benzene rings is 3. The molecule has 0 saturated carbocycles. The van der Waals surface area contributed by atoms with Gasteiger partial charge in [0.1, 0.15) is 0 Å². The van der Waals surface area contributed by atoms with Gasteiger partial charge in [0.2, 0.25) is 0 Å². The fourth-order valence-electron chi connectivity index (χ4n) is 6.17. The van der Waals surface area contributed by atoms with Crippen LogP contribution in [0.25, 0.3) is 11.1 Å². The molecule has 0 heterocycles. The zero-order chi connectivity index (χ0) is 31.4. The first-order chi connectivity index (χ1) is 19.3. The molecular formula is C40H53Cl3Si2Ti. The molecule has 4 aromatic carbocycles. The van der Waals surface area contributed by atoms with Gasteiger partial charge in [0.15, 0.2) is 0 Å². The summed E-state index contributed by atoms with van der Waals surface area (Å²) in [6.07, 6.45) is 0. The Morgan fingerprint density at radius 2 is 1.15 bits per heavy atom. The molecule has 1 atom stereocenters. The summed E-state index contributed by atoms with van der Waals surface area (Å²) in [4.78, 5) is 0. The normalized spacial score (nSPS) is 12.3. The molecule has 0 aromatic heterocycles. The summed E-state index contributed by atoms with van der Waals surface area (Å²) in [7, 11) is -0.755. The zero-order valence-corrected chi connectivity index (χ0v) is 36.3. The molecule has 2 radical (unpaired) electrons. The van der Waals surface area contributed by atoms with E-state index in [0.717, 1.165) is 0 Å². The van der Waals surface area contributed by atoms with Crippen molar-refractivity contribution < 1.29 is 58.9 Å². The van der Waals surface area contributed by atoms with Gasteiger partial charge in [-0.1, -0.05) is 186 Å². The van der Waals surface area contributed by atoms with Crippen LogP contribution in [0, 0.1) is 34.6 Å². The topological polar surface area (TPSA) is 0 Å². The van der Waals surface area contributed by atoms with E-state index >= 15 is 0 Å². The van der Waals surface area contributed by atoms with Crippen LogP contribution < -0.4 is 47.6 Å². The first-order valence-corrected chi connectivity index (χ1v) is 20.2. The van der Waals surface area contributed by atoms with Gasteiger partial charge in [0, 0.05) is 0 Å². The summed E-state index contributed by atoms with van der Waals surface area (Å²) in [6.45, 7) is 33.0. The maximum atomic E-state index is 2.52. The van der Waals surface area contributed by atoms with Crippen molar-refractivity contribution in [2.45, 2.75) is 112 Å². The summed E-state index contributed by atoms with van der Waals surface area (Å²) < 4.78 is 0. The van der Waals surface area contributed by atoms with E-state index in [2.05, 4.69) is 156 Å². The minimum absolute atomic E-state index is 0. The van der Waals surface area contributed by atoms with Crippen LogP contribution in [-0.4, -0.2) is 17.6 Å². The largest absolute Gasteiger partial charge is 4.00 e. The molecule has 0 N–H and O–H groups in total. The van der Waals surface area contributed by atoms with Crippen molar-refractivity contribution in [1.29, 1.82) is 0 Å². The summed E-state index contributed by atoms with van der Waals surface area (Å²) in [5.41, 5.74) is 16.1. The monoisotopic (exact) mass is 742 g/mol. The molecule has 0 saturated heterocycles. The summed E-state index contributed by atoms with van der Waals surface area (Å²) in [6, 6.07) is 24.2. The van der Waals surface area contributed by atoms with Crippen LogP contribution in [-0.2, 0) is 32.5 Å². The molecule has 0 amide bonds. The third kappa shape index (κ3) is 10.0. The Morgan fingerprint density at radius 1 is 0.652 bits per heavy atom. The van der Waals surface area contributed by atoms with Crippen LogP contribution >= 0.6 is 0 Å². The van der Waals surface area contributed by atoms with Crippen molar-refractivity contribution in [3.8, 4) is 11.1 Å². The van der Waals surface area contributed by atoms with E-state index in [0.29, 0.717) is 15.1 Å². The van der Waals surface area contributed by atoms with E-state index in [1.54, 1.807) is 5.19 Å². The quantitative estimate of drug-likeness (QED) is 0.204. The third-order valence-electron chi connectivity index (χ3n) is 9.03. The molecule has 0 aliphatic carbocycles. The van der Waals surface area contributed by atoms with Crippen LogP contribution in [0.2, 0.25) is 19.6 Å². The SMILES string of the molecule is Cc1cc(C)cc(C([Si]c2cccc([Si](C)(C)C)c2)[c-]2c(C)c(C)c(C)c2-c2cc(C(C)(C)C)cc(C(C)(C)C)c2)c1.[Cl-].[Cl-].[Cl-].[Ti+4]. The van der Waals surface area contributed by atoms with Crippen molar-refractivity contribution in [3.63, 3.8) is 0 Å². The first-order valence-electron chi connectivity index (χ1n) is 15.7. The molecule has 4 rings (SSSR count). The molecule has 246 valence electrons. The molecule has 0 aliphatic rings. The second-order valence-corrected chi connectivity index (χ2v) is 22.3.